The molecule has 2 rings (SSSR count). The van der Waals surface area contributed by atoms with Crippen molar-refractivity contribution in [1.82, 2.24) is 0 Å². The number of nitrogens with zero attached hydrogens (tertiary/aromatic N) is 1. The number of esters is 2. The summed E-state index contributed by atoms with van der Waals surface area (Å²) in [5.41, 5.74) is 2.49. The molecule has 0 aliphatic rings. The maximum atomic E-state index is 12.4. The summed E-state index contributed by atoms with van der Waals surface area (Å²) in [7, 11) is 0. The molecule has 0 aliphatic heterocycles. The molecule has 142 valence electrons. The van der Waals surface area contributed by atoms with Crippen molar-refractivity contribution in [2.75, 3.05) is 13.2 Å². The van der Waals surface area contributed by atoms with Crippen LogP contribution in [0.15, 0.2) is 65.7 Å². The third kappa shape index (κ3) is 6.37. The third-order valence-corrected chi connectivity index (χ3v) is 3.87. The molecule has 2 aromatic rings. The summed E-state index contributed by atoms with van der Waals surface area (Å²) in [6.45, 7) is 4.07. The molecule has 0 radical (unpaired) electrons. The van der Waals surface area contributed by atoms with Crippen molar-refractivity contribution in [3.8, 4) is 0 Å². The molecule has 5 heteroatoms. The molecule has 0 fully saturated rings. The number of aliphatic imine (C=N–C) groups is 1. The van der Waals surface area contributed by atoms with Crippen LogP contribution in [0.4, 0.5) is 0 Å². The second-order valence-corrected chi connectivity index (χ2v) is 5.82. The number of ether oxygens (including phenoxy) is 2. The van der Waals surface area contributed by atoms with Gasteiger partial charge in [0.1, 0.15) is 6.04 Å². The number of hydrogen-bond acceptors (Lipinski definition) is 5. The third-order valence-electron chi connectivity index (χ3n) is 3.87. The highest BCUT2D eigenvalue weighted by Gasteiger charge is 2.22. The zero-order valence-electron chi connectivity index (χ0n) is 15.8. The van der Waals surface area contributed by atoms with Crippen LogP contribution in [0.5, 0.6) is 0 Å². The zero-order chi connectivity index (χ0) is 19.5. The number of hydrogen-bond donors (Lipinski definition) is 0. The lowest BCUT2D eigenvalue weighted by Gasteiger charge is -2.15. The van der Waals surface area contributed by atoms with E-state index in [1.54, 1.807) is 13.8 Å². The van der Waals surface area contributed by atoms with Crippen molar-refractivity contribution in [2.45, 2.75) is 32.7 Å². The van der Waals surface area contributed by atoms with E-state index in [0.717, 1.165) is 11.1 Å². The minimum atomic E-state index is -0.773. The first-order valence-electron chi connectivity index (χ1n) is 9.16. The lowest BCUT2D eigenvalue weighted by molar-refractivity contribution is -0.146. The summed E-state index contributed by atoms with van der Waals surface area (Å²) in [5.74, 6) is -0.783. The number of carbonyl (C=O) groups is 2. The van der Waals surface area contributed by atoms with Gasteiger partial charge in [0, 0.05) is 17.5 Å². The number of benzene rings is 2. The van der Waals surface area contributed by atoms with Crippen LogP contribution in [0.2, 0.25) is 0 Å². The first-order chi connectivity index (χ1) is 13.2. The van der Waals surface area contributed by atoms with E-state index in [-0.39, 0.29) is 25.4 Å². The molecule has 0 aromatic heterocycles. The molecule has 0 aliphatic carbocycles. The van der Waals surface area contributed by atoms with E-state index in [1.807, 2.05) is 60.7 Å². The van der Waals surface area contributed by atoms with Crippen LogP contribution in [0.3, 0.4) is 0 Å². The Kier molecular flexibility index (Phi) is 8.23. The molecule has 0 spiro atoms. The Morgan fingerprint density at radius 2 is 1.37 bits per heavy atom. The quantitative estimate of drug-likeness (QED) is 0.499. The average Bonchev–Trinajstić information content (AvgIpc) is 2.70. The normalized spacial score (nSPS) is 11.3. The van der Waals surface area contributed by atoms with Gasteiger partial charge in [0.15, 0.2) is 0 Å². The number of rotatable bonds is 9. The second kappa shape index (κ2) is 10.9. The maximum Gasteiger partial charge on any atom is 0.330 e. The highest BCUT2D eigenvalue weighted by Crippen LogP contribution is 2.15. The predicted molar refractivity (Wildman–Crippen MR) is 105 cm³/mol. The summed E-state index contributed by atoms with van der Waals surface area (Å²) >= 11 is 0. The Morgan fingerprint density at radius 3 is 1.85 bits per heavy atom. The van der Waals surface area contributed by atoms with Gasteiger partial charge in [-0.25, -0.2) is 4.79 Å². The fourth-order valence-electron chi connectivity index (χ4n) is 2.62. The van der Waals surface area contributed by atoms with Crippen LogP contribution >= 0.6 is 0 Å². The molecule has 5 nitrogen and oxygen atoms in total. The van der Waals surface area contributed by atoms with Crippen molar-refractivity contribution < 1.29 is 19.1 Å². The van der Waals surface area contributed by atoms with Crippen LogP contribution < -0.4 is 0 Å². The van der Waals surface area contributed by atoms with Crippen molar-refractivity contribution in [3.63, 3.8) is 0 Å². The fraction of sp³-hybridized carbons (Fsp3) is 0.318. The molecule has 2 aromatic carbocycles. The van der Waals surface area contributed by atoms with Crippen molar-refractivity contribution in [2.24, 2.45) is 4.99 Å². The van der Waals surface area contributed by atoms with Gasteiger partial charge in [-0.15, -0.1) is 0 Å². The van der Waals surface area contributed by atoms with Crippen LogP contribution in [-0.4, -0.2) is 36.9 Å². The molecule has 0 bridgehead atoms. The molecular weight excluding hydrogens is 342 g/mol. The largest absolute Gasteiger partial charge is 0.466 e. The maximum absolute atomic E-state index is 12.4. The van der Waals surface area contributed by atoms with Crippen molar-refractivity contribution in [1.29, 1.82) is 0 Å². The minimum absolute atomic E-state index is 0.109. The van der Waals surface area contributed by atoms with E-state index < -0.39 is 12.0 Å². The molecule has 0 unspecified atom stereocenters. The van der Waals surface area contributed by atoms with Crippen LogP contribution in [0, 0.1) is 0 Å². The van der Waals surface area contributed by atoms with Gasteiger partial charge in [-0.1, -0.05) is 60.7 Å². The smallest absolute Gasteiger partial charge is 0.330 e. The summed E-state index contributed by atoms with van der Waals surface area (Å²) in [6, 6.07) is 18.5. The van der Waals surface area contributed by atoms with Gasteiger partial charge in [-0.2, -0.15) is 0 Å². The molecule has 0 amide bonds. The Labute approximate surface area is 160 Å². The van der Waals surface area contributed by atoms with Crippen molar-refractivity contribution in [3.05, 3.63) is 71.8 Å². The SMILES string of the molecule is CCOC(=O)CC[C@H](N=C(c1ccccc1)c1ccccc1)C(=O)OCC. The fourth-order valence-corrected chi connectivity index (χ4v) is 2.62. The van der Waals surface area contributed by atoms with Crippen molar-refractivity contribution >= 4 is 17.7 Å². The lowest BCUT2D eigenvalue weighted by Crippen LogP contribution is -2.25. The van der Waals surface area contributed by atoms with Gasteiger partial charge in [-0.05, 0) is 20.3 Å². The average molecular weight is 367 g/mol. The highest BCUT2D eigenvalue weighted by atomic mass is 16.5. The van der Waals surface area contributed by atoms with Gasteiger partial charge in [-0.3, -0.25) is 9.79 Å². The molecular formula is C22H25NO4. The van der Waals surface area contributed by atoms with E-state index >= 15 is 0 Å². The van der Waals surface area contributed by atoms with Gasteiger partial charge in [0.05, 0.1) is 18.9 Å². The predicted octanol–water partition coefficient (Wildman–Crippen LogP) is 3.80. The van der Waals surface area contributed by atoms with Crippen LogP contribution in [0.1, 0.15) is 37.8 Å². The molecule has 0 heterocycles. The summed E-state index contributed by atoms with van der Waals surface area (Å²) < 4.78 is 10.1. The Balaban J connectivity index is 2.37. The van der Waals surface area contributed by atoms with Gasteiger partial charge in [0.2, 0.25) is 0 Å². The standard InChI is InChI=1S/C22H25NO4/c1-3-26-20(24)16-15-19(22(25)27-4-2)23-21(17-11-7-5-8-12-17)18-13-9-6-10-14-18/h5-14,19H,3-4,15-16H2,1-2H3/t19-/m0/s1. The molecule has 0 N–H and O–H groups in total. The number of carbonyl (C=O) groups excluding carboxylic acids is 2. The topological polar surface area (TPSA) is 65.0 Å². The van der Waals surface area contributed by atoms with E-state index in [2.05, 4.69) is 0 Å². The summed E-state index contributed by atoms with van der Waals surface area (Å²) in [4.78, 5) is 28.9. The molecule has 1 atom stereocenters. The molecule has 0 saturated heterocycles. The Morgan fingerprint density at radius 1 is 0.852 bits per heavy atom. The first kappa shape index (κ1) is 20.4. The highest BCUT2D eigenvalue weighted by molar-refractivity contribution is 6.13. The molecule has 27 heavy (non-hydrogen) atoms. The van der Waals surface area contributed by atoms with E-state index in [4.69, 9.17) is 14.5 Å². The zero-order valence-corrected chi connectivity index (χ0v) is 15.8. The van der Waals surface area contributed by atoms with Gasteiger partial charge < -0.3 is 9.47 Å². The van der Waals surface area contributed by atoms with E-state index in [1.165, 1.54) is 0 Å². The monoisotopic (exact) mass is 367 g/mol. The van der Waals surface area contributed by atoms with Crippen LogP contribution in [-0.2, 0) is 19.1 Å². The lowest BCUT2D eigenvalue weighted by atomic mass is 10.0. The second-order valence-electron chi connectivity index (χ2n) is 5.82. The van der Waals surface area contributed by atoms with Gasteiger partial charge in [0.25, 0.3) is 0 Å². The first-order valence-corrected chi connectivity index (χ1v) is 9.16. The van der Waals surface area contributed by atoms with Crippen LogP contribution in [0.25, 0.3) is 0 Å². The van der Waals surface area contributed by atoms with E-state index in [0.29, 0.717) is 12.3 Å². The summed E-state index contributed by atoms with van der Waals surface area (Å²) in [5, 5.41) is 0. The Hall–Kier alpha value is -2.95. The summed E-state index contributed by atoms with van der Waals surface area (Å²) in [6.07, 6.45) is 0.346. The Bertz CT molecular complexity index is 715. The van der Waals surface area contributed by atoms with Gasteiger partial charge >= 0.3 is 11.9 Å². The minimum Gasteiger partial charge on any atom is -0.466 e. The molecule has 0 saturated carbocycles. The van der Waals surface area contributed by atoms with E-state index in [9.17, 15) is 9.59 Å².